The van der Waals surface area contributed by atoms with E-state index in [0.29, 0.717) is 32.0 Å². The Balaban J connectivity index is 1.37. The van der Waals surface area contributed by atoms with Gasteiger partial charge in [0.15, 0.2) is 0 Å². The Kier molecular flexibility index (Phi) is 5.35. The van der Waals surface area contributed by atoms with E-state index in [1.807, 2.05) is 46.2 Å². The number of carbonyl (C=O) groups is 2. The van der Waals surface area contributed by atoms with Gasteiger partial charge in [-0.1, -0.05) is 30.3 Å². The first-order chi connectivity index (χ1) is 15.6. The number of nitrogens with zero attached hydrogens (tertiary/aromatic N) is 5. The second kappa shape index (κ2) is 8.19. The van der Waals surface area contributed by atoms with Crippen LogP contribution in [0.4, 0.5) is 5.95 Å². The molecule has 2 amide bonds. The zero-order valence-electron chi connectivity index (χ0n) is 18.7. The number of rotatable bonds is 4. The van der Waals surface area contributed by atoms with Crippen LogP contribution in [0, 0.1) is 10.8 Å². The van der Waals surface area contributed by atoms with Gasteiger partial charge >= 0.3 is 0 Å². The average molecular weight is 434 g/mol. The molecule has 3 saturated heterocycles. The van der Waals surface area contributed by atoms with Crippen molar-refractivity contribution in [3.63, 3.8) is 0 Å². The molecule has 2 spiro atoms. The maximum Gasteiger partial charge on any atom is 0.231 e. The summed E-state index contributed by atoms with van der Waals surface area (Å²) >= 11 is 0. The summed E-state index contributed by atoms with van der Waals surface area (Å²) in [5.74, 6) is 1.16. The largest absolute Gasteiger partial charge is 0.342 e. The first-order valence-electron chi connectivity index (χ1n) is 11.7. The minimum atomic E-state index is -0.406. The SMILES string of the molecule is CCN1CCC2(CN(c3ncccn3)CC23CCN(C(=O)Cc2ccccc2)CC3)C1=O. The van der Waals surface area contributed by atoms with E-state index in [2.05, 4.69) is 21.8 Å². The van der Waals surface area contributed by atoms with Gasteiger partial charge in [-0.05, 0) is 37.8 Å². The molecule has 0 bridgehead atoms. The molecule has 7 nitrogen and oxygen atoms in total. The highest BCUT2D eigenvalue weighted by molar-refractivity contribution is 5.87. The number of likely N-dealkylation sites (tertiary alicyclic amines) is 2. The number of carbonyl (C=O) groups excluding carboxylic acids is 2. The second-order valence-corrected chi connectivity index (χ2v) is 9.45. The van der Waals surface area contributed by atoms with Crippen LogP contribution in [-0.2, 0) is 16.0 Å². The van der Waals surface area contributed by atoms with Crippen LogP contribution in [0.2, 0.25) is 0 Å². The molecule has 3 fully saturated rings. The van der Waals surface area contributed by atoms with E-state index in [-0.39, 0.29) is 17.2 Å². The normalized spacial score (nSPS) is 24.7. The summed E-state index contributed by atoms with van der Waals surface area (Å²) in [7, 11) is 0. The van der Waals surface area contributed by atoms with Crippen LogP contribution in [0.15, 0.2) is 48.8 Å². The third-order valence-corrected chi connectivity index (χ3v) is 7.96. The third-order valence-electron chi connectivity index (χ3n) is 7.96. The van der Waals surface area contributed by atoms with Gasteiger partial charge in [0.05, 0.1) is 11.8 Å². The Labute approximate surface area is 189 Å². The van der Waals surface area contributed by atoms with Crippen molar-refractivity contribution in [3.8, 4) is 0 Å². The molecule has 3 aliphatic heterocycles. The molecule has 0 saturated carbocycles. The molecule has 1 unspecified atom stereocenters. The highest BCUT2D eigenvalue weighted by Gasteiger charge is 2.65. The van der Waals surface area contributed by atoms with Gasteiger partial charge in [-0.15, -0.1) is 0 Å². The summed E-state index contributed by atoms with van der Waals surface area (Å²) in [5, 5.41) is 0. The minimum Gasteiger partial charge on any atom is -0.342 e. The smallest absolute Gasteiger partial charge is 0.231 e. The van der Waals surface area contributed by atoms with Crippen molar-refractivity contribution in [2.45, 2.75) is 32.6 Å². The molecular weight excluding hydrogens is 402 g/mol. The molecule has 4 heterocycles. The van der Waals surface area contributed by atoms with Crippen molar-refractivity contribution in [1.82, 2.24) is 19.8 Å². The van der Waals surface area contributed by atoms with Gasteiger partial charge in [-0.3, -0.25) is 9.59 Å². The maximum absolute atomic E-state index is 13.6. The van der Waals surface area contributed by atoms with Crippen LogP contribution >= 0.6 is 0 Å². The molecule has 1 aromatic heterocycles. The molecular formula is C25H31N5O2. The lowest BCUT2D eigenvalue weighted by molar-refractivity contribution is -0.143. The summed E-state index contributed by atoms with van der Waals surface area (Å²) in [4.78, 5) is 41.7. The summed E-state index contributed by atoms with van der Waals surface area (Å²) in [5.41, 5.74) is 0.500. The number of hydrogen-bond acceptors (Lipinski definition) is 5. The fraction of sp³-hybridized carbons (Fsp3) is 0.520. The lowest BCUT2D eigenvalue weighted by Crippen LogP contribution is -2.53. The monoisotopic (exact) mass is 433 g/mol. The first kappa shape index (κ1) is 20.9. The number of aromatic nitrogens is 2. The van der Waals surface area contributed by atoms with Crippen LogP contribution in [0.1, 0.15) is 31.7 Å². The number of amides is 2. The lowest BCUT2D eigenvalue weighted by Gasteiger charge is -2.46. The van der Waals surface area contributed by atoms with Gasteiger partial charge in [0.1, 0.15) is 0 Å². The van der Waals surface area contributed by atoms with Crippen LogP contribution in [0.3, 0.4) is 0 Å². The number of hydrogen-bond donors (Lipinski definition) is 0. The zero-order chi connectivity index (χ0) is 22.2. The molecule has 32 heavy (non-hydrogen) atoms. The summed E-state index contributed by atoms with van der Waals surface area (Å²) in [6.07, 6.45) is 6.53. The topological polar surface area (TPSA) is 69.6 Å². The van der Waals surface area contributed by atoms with E-state index < -0.39 is 5.41 Å². The average Bonchev–Trinajstić information content (AvgIpc) is 3.33. The standard InChI is InChI=1S/C25H31N5O2/c1-2-28-16-11-25(22(28)32)19-30(23-26-12-6-13-27-23)18-24(25)9-14-29(15-10-24)21(31)17-20-7-4-3-5-8-20/h3-8,12-13H,2,9-11,14-19H2,1H3. The van der Waals surface area contributed by atoms with Crippen molar-refractivity contribution in [3.05, 3.63) is 54.4 Å². The van der Waals surface area contributed by atoms with E-state index in [1.54, 1.807) is 12.4 Å². The van der Waals surface area contributed by atoms with Crippen molar-refractivity contribution < 1.29 is 9.59 Å². The van der Waals surface area contributed by atoms with E-state index in [9.17, 15) is 9.59 Å². The molecule has 2 aromatic rings. The third kappa shape index (κ3) is 3.34. The maximum atomic E-state index is 13.6. The highest BCUT2D eigenvalue weighted by Crippen LogP contribution is 2.58. The van der Waals surface area contributed by atoms with Gasteiger partial charge in [0, 0.05) is 57.1 Å². The molecule has 7 heteroatoms. The van der Waals surface area contributed by atoms with Gasteiger partial charge < -0.3 is 14.7 Å². The van der Waals surface area contributed by atoms with Crippen LogP contribution < -0.4 is 4.90 Å². The van der Waals surface area contributed by atoms with Crippen LogP contribution in [-0.4, -0.2) is 70.9 Å². The van der Waals surface area contributed by atoms with Crippen molar-refractivity contribution in [2.75, 3.05) is 44.2 Å². The van der Waals surface area contributed by atoms with Gasteiger partial charge in [0.2, 0.25) is 17.8 Å². The Bertz CT molecular complexity index is 974. The predicted molar refractivity (Wildman–Crippen MR) is 122 cm³/mol. The minimum absolute atomic E-state index is 0.142. The molecule has 1 aromatic carbocycles. The highest BCUT2D eigenvalue weighted by atomic mass is 16.2. The van der Waals surface area contributed by atoms with E-state index in [4.69, 9.17) is 0 Å². The number of benzene rings is 1. The van der Waals surface area contributed by atoms with Crippen LogP contribution in [0.5, 0.6) is 0 Å². The number of fused-ring (bicyclic) bond motifs is 1. The lowest BCUT2D eigenvalue weighted by atomic mass is 9.60. The van der Waals surface area contributed by atoms with Crippen molar-refractivity contribution in [2.24, 2.45) is 10.8 Å². The summed E-state index contributed by atoms with van der Waals surface area (Å²) in [6.45, 7) is 6.48. The van der Waals surface area contributed by atoms with E-state index in [0.717, 1.165) is 44.5 Å². The van der Waals surface area contributed by atoms with Gasteiger partial charge in [0.25, 0.3) is 0 Å². The van der Waals surface area contributed by atoms with Crippen LogP contribution in [0.25, 0.3) is 0 Å². The fourth-order valence-electron chi connectivity index (χ4n) is 6.14. The first-order valence-corrected chi connectivity index (χ1v) is 11.7. The molecule has 0 radical (unpaired) electrons. The Morgan fingerprint density at radius 1 is 0.969 bits per heavy atom. The Morgan fingerprint density at radius 3 is 2.34 bits per heavy atom. The predicted octanol–water partition coefficient (Wildman–Crippen LogP) is 2.39. The molecule has 0 N–H and O–H groups in total. The Morgan fingerprint density at radius 2 is 1.69 bits per heavy atom. The molecule has 3 aliphatic rings. The fourth-order valence-corrected chi connectivity index (χ4v) is 6.14. The van der Waals surface area contributed by atoms with Gasteiger partial charge in [-0.2, -0.15) is 0 Å². The van der Waals surface area contributed by atoms with E-state index in [1.165, 1.54) is 0 Å². The second-order valence-electron chi connectivity index (χ2n) is 9.45. The van der Waals surface area contributed by atoms with Crippen molar-refractivity contribution in [1.29, 1.82) is 0 Å². The van der Waals surface area contributed by atoms with Gasteiger partial charge in [-0.25, -0.2) is 9.97 Å². The molecule has 168 valence electrons. The van der Waals surface area contributed by atoms with E-state index >= 15 is 0 Å². The number of anilines is 1. The number of piperidine rings is 1. The summed E-state index contributed by atoms with van der Waals surface area (Å²) < 4.78 is 0. The zero-order valence-corrected chi connectivity index (χ0v) is 18.7. The van der Waals surface area contributed by atoms with Crippen molar-refractivity contribution >= 4 is 17.8 Å². The quantitative estimate of drug-likeness (QED) is 0.741. The summed E-state index contributed by atoms with van der Waals surface area (Å²) in [6, 6.07) is 11.7. The molecule has 1 atom stereocenters. The molecule has 0 aliphatic carbocycles. The molecule has 5 rings (SSSR count). The Hall–Kier alpha value is -2.96.